The highest BCUT2D eigenvalue weighted by Crippen LogP contribution is 2.40. The molecule has 1 aromatic rings. The molecule has 2 rings (SSSR count). The molecule has 1 aliphatic rings. The molecular weight excluding hydrogens is 248 g/mol. The van der Waals surface area contributed by atoms with E-state index in [0.29, 0.717) is 16.4 Å². The zero-order chi connectivity index (χ0) is 13.2. The second-order valence-electron chi connectivity index (χ2n) is 4.36. The molecule has 18 heavy (non-hydrogen) atoms. The molecule has 1 heterocycles. The number of methoxy groups -OCH3 is 1. The molecule has 0 fully saturated rings. The van der Waals surface area contributed by atoms with Crippen molar-refractivity contribution in [3.63, 3.8) is 0 Å². The number of carbonyl (C=O) groups is 1. The van der Waals surface area contributed by atoms with Gasteiger partial charge in [0.25, 0.3) is 0 Å². The Morgan fingerprint density at radius 1 is 1.39 bits per heavy atom. The quantitative estimate of drug-likeness (QED) is 0.769. The zero-order valence-electron chi connectivity index (χ0n) is 10.7. The van der Waals surface area contributed by atoms with Crippen LogP contribution in [0.1, 0.15) is 19.4 Å². The van der Waals surface area contributed by atoms with E-state index in [2.05, 4.69) is 0 Å². The normalized spacial score (nSPS) is 23.5. The monoisotopic (exact) mass is 264 g/mol. The number of esters is 1. The first-order chi connectivity index (χ1) is 8.57. The molecule has 1 atom stereocenters. The summed E-state index contributed by atoms with van der Waals surface area (Å²) in [5, 5.41) is 0. The molecule has 0 bridgehead atoms. The molecular formula is C14H16O3S. The van der Waals surface area contributed by atoms with Crippen molar-refractivity contribution in [3.05, 3.63) is 46.6 Å². The Morgan fingerprint density at radius 3 is 2.61 bits per heavy atom. The summed E-state index contributed by atoms with van der Waals surface area (Å²) >= 11 is 1.49. The minimum atomic E-state index is -0.395. The van der Waals surface area contributed by atoms with Gasteiger partial charge in [-0.25, -0.2) is 4.79 Å². The van der Waals surface area contributed by atoms with Crippen LogP contribution in [0.5, 0.6) is 0 Å². The lowest BCUT2D eigenvalue weighted by Crippen LogP contribution is -2.32. The third-order valence-electron chi connectivity index (χ3n) is 2.95. The average Bonchev–Trinajstić information content (AvgIpc) is 2.39. The second-order valence-corrected chi connectivity index (χ2v) is 5.35. The maximum Gasteiger partial charge on any atom is 0.347 e. The first-order valence-corrected chi connectivity index (χ1v) is 6.72. The van der Waals surface area contributed by atoms with E-state index in [1.807, 2.05) is 37.3 Å². The van der Waals surface area contributed by atoms with Crippen molar-refractivity contribution in [2.75, 3.05) is 12.9 Å². The molecule has 96 valence electrons. The van der Waals surface area contributed by atoms with Crippen molar-refractivity contribution >= 4 is 17.7 Å². The summed E-state index contributed by atoms with van der Waals surface area (Å²) < 4.78 is 10.7. The van der Waals surface area contributed by atoms with Crippen LogP contribution in [0.15, 0.2) is 41.0 Å². The second kappa shape index (κ2) is 5.06. The van der Waals surface area contributed by atoms with Crippen molar-refractivity contribution in [1.82, 2.24) is 0 Å². The third-order valence-corrected chi connectivity index (χ3v) is 4.38. The molecule has 1 aromatic carbocycles. The van der Waals surface area contributed by atoms with E-state index in [1.54, 1.807) is 6.92 Å². The van der Waals surface area contributed by atoms with Crippen LogP contribution in [0.4, 0.5) is 0 Å². The lowest BCUT2D eigenvalue weighted by molar-refractivity contribution is -0.135. The van der Waals surface area contributed by atoms with E-state index in [9.17, 15) is 4.79 Å². The highest BCUT2D eigenvalue weighted by molar-refractivity contribution is 8.04. The topological polar surface area (TPSA) is 35.5 Å². The molecule has 1 unspecified atom stereocenters. The van der Waals surface area contributed by atoms with Gasteiger partial charge in [-0.2, -0.15) is 0 Å². The van der Waals surface area contributed by atoms with Gasteiger partial charge < -0.3 is 9.47 Å². The van der Waals surface area contributed by atoms with Gasteiger partial charge >= 0.3 is 5.97 Å². The van der Waals surface area contributed by atoms with Gasteiger partial charge in [0.1, 0.15) is 16.3 Å². The smallest absolute Gasteiger partial charge is 0.347 e. The van der Waals surface area contributed by atoms with Gasteiger partial charge in [-0.05, 0) is 19.4 Å². The minimum Gasteiger partial charge on any atom is -0.485 e. The minimum absolute atomic E-state index is 0.326. The van der Waals surface area contributed by atoms with Crippen molar-refractivity contribution in [1.29, 1.82) is 0 Å². The van der Waals surface area contributed by atoms with Crippen molar-refractivity contribution in [2.24, 2.45) is 0 Å². The summed E-state index contributed by atoms with van der Waals surface area (Å²) in [5.41, 5.74) is 0.717. The Labute approximate surface area is 111 Å². The van der Waals surface area contributed by atoms with Gasteiger partial charge in [0.2, 0.25) is 0 Å². The van der Waals surface area contributed by atoms with Crippen molar-refractivity contribution < 1.29 is 14.3 Å². The predicted octanol–water partition coefficient (Wildman–Crippen LogP) is 3.07. The van der Waals surface area contributed by atoms with E-state index in [-0.39, 0.29) is 5.97 Å². The summed E-state index contributed by atoms with van der Waals surface area (Å²) in [6.45, 7) is 3.84. The number of allylic oxidation sites excluding steroid dienone is 1. The Bertz CT molecular complexity index is 481. The molecule has 4 heteroatoms. The van der Waals surface area contributed by atoms with Gasteiger partial charge in [-0.15, -0.1) is 11.8 Å². The maximum atomic E-state index is 11.5. The number of thioether (sulfide) groups is 1. The highest BCUT2D eigenvalue weighted by atomic mass is 32.2. The number of hydrogen-bond acceptors (Lipinski definition) is 4. The molecule has 0 saturated heterocycles. The summed E-state index contributed by atoms with van der Waals surface area (Å²) in [4.78, 5) is 12.1. The van der Waals surface area contributed by atoms with Crippen LogP contribution < -0.4 is 0 Å². The Balaban J connectivity index is 2.27. The van der Waals surface area contributed by atoms with Gasteiger partial charge in [0, 0.05) is 5.75 Å². The molecule has 0 spiro atoms. The van der Waals surface area contributed by atoms with Crippen LogP contribution in [-0.4, -0.2) is 18.8 Å². The Kier molecular flexibility index (Phi) is 3.66. The van der Waals surface area contributed by atoms with Crippen molar-refractivity contribution in [3.8, 4) is 0 Å². The molecule has 0 aliphatic carbocycles. The molecule has 1 aliphatic heterocycles. The summed E-state index contributed by atoms with van der Waals surface area (Å²) in [7, 11) is 1.38. The zero-order valence-corrected chi connectivity index (χ0v) is 11.5. The first kappa shape index (κ1) is 13.0. The molecule has 0 N–H and O–H groups in total. The number of benzene rings is 1. The molecule has 3 nitrogen and oxygen atoms in total. The SMILES string of the molecule is COC(=O)C1=C(C)OC(C)(c2ccccc2)CS1. The maximum absolute atomic E-state index is 11.5. The van der Waals surface area contributed by atoms with Crippen LogP contribution in [0.25, 0.3) is 0 Å². The number of hydrogen-bond donors (Lipinski definition) is 0. The largest absolute Gasteiger partial charge is 0.485 e. The summed E-state index contributed by atoms with van der Waals surface area (Å²) in [6, 6.07) is 10.0. The summed E-state index contributed by atoms with van der Waals surface area (Å²) in [5.74, 6) is 0.996. The molecule has 0 amide bonds. The van der Waals surface area contributed by atoms with Crippen LogP contribution in [0, 0.1) is 0 Å². The van der Waals surface area contributed by atoms with Gasteiger partial charge in [0.05, 0.1) is 7.11 Å². The Hall–Kier alpha value is -1.42. The van der Waals surface area contributed by atoms with Crippen LogP contribution in [0.3, 0.4) is 0 Å². The number of carbonyl (C=O) groups excluding carboxylic acids is 1. The summed E-state index contributed by atoms with van der Waals surface area (Å²) in [6.07, 6.45) is 0. The third kappa shape index (κ3) is 2.38. The van der Waals surface area contributed by atoms with E-state index in [0.717, 1.165) is 5.56 Å². The predicted molar refractivity (Wildman–Crippen MR) is 72.1 cm³/mol. The fraction of sp³-hybridized carbons (Fsp3) is 0.357. The van der Waals surface area contributed by atoms with E-state index in [4.69, 9.17) is 9.47 Å². The van der Waals surface area contributed by atoms with Crippen molar-refractivity contribution in [2.45, 2.75) is 19.4 Å². The van der Waals surface area contributed by atoms with Crippen LogP contribution >= 0.6 is 11.8 Å². The van der Waals surface area contributed by atoms with Crippen LogP contribution in [0.2, 0.25) is 0 Å². The van der Waals surface area contributed by atoms with Gasteiger partial charge in [0.15, 0.2) is 0 Å². The van der Waals surface area contributed by atoms with Gasteiger partial charge in [-0.1, -0.05) is 30.3 Å². The fourth-order valence-corrected chi connectivity index (χ4v) is 3.05. The Morgan fingerprint density at radius 2 is 2.06 bits per heavy atom. The van der Waals surface area contributed by atoms with E-state index >= 15 is 0 Å². The molecule has 0 aromatic heterocycles. The molecule has 0 saturated carbocycles. The lowest BCUT2D eigenvalue weighted by atomic mass is 9.98. The van der Waals surface area contributed by atoms with Gasteiger partial charge in [-0.3, -0.25) is 0 Å². The standard InChI is InChI=1S/C14H16O3S/c1-10-12(13(15)16-3)18-9-14(2,17-10)11-7-5-4-6-8-11/h4-8H,9H2,1-3H3. The number of ether oxygens (including phenoxy) is 2. The fourth-order valence-electron chi connectivity index (χ4n) is 1.95. The van der Waals surface area contributed by atoms with Crippen LogP contribution in [-0.2, 0) is 19.9 Å². The highest BCUT2D eigenvalue weighted by Gasteiger charge is 2.36. The lowest BCUT2D eigenvalue weighted by Gasteiger charge is -2.35. The average molecular weight is 264 g/mol. The van der Waals surface area contributed by atoms with E-state index < -0.39 is 5.60 Å². The first-order valence-electron chi connectivity index (χ1n) is 5.73. The number of rotatable bonds is 2. The molecule has 0 radical (unpaired) electrons. The van der Waals surface area contributed by atoms with E-state index in [1.165, 1.54) is 18.9 Å².